The lowest BCUT2D eigenvalue weighted by Crippen LogP contribution is -2.36. The SMILES string of the molecule is COC(=O)c1ccc2c(c1)[C@H](NC(=O)C1CCC1)CC2. The van der Waals surface area contributed by atoms with Crippen LogP contribution in [0.25, 0.3) is 0 Å². The second-order valence-electron chi connectivity index (χ2n) is 5.63. The van der Waals surface area contributed by atoms with Crippen molar-refractivity contribution in [2.24, 2.45) is 5.92 Å². The number of rotatable bonds is 3. The summed E-state index contributed by atoms with van der Waals surface area (Å²) in [6.07, 6.45) is 5.04. The molecule has 1 N–H and O–H groups in total. The average molecular weight is 273 g/mol. The number of fused-ring (bicyclic) bond motifs is 1. The quantitative estimate of drug-likeness (QED) is 0.860. The molecule has 1 aromatic rings. The molecule has 1 atom stereocenters. The van der Waals surface area contributed by atoms with Crippen molar-refractivity contribution in [3.63, 3.8) is 0 Å². The monoisotopic (exact) mass is 273 g/mol. The largest absolute Gasteiger partial charge is 0.465 e. The zero-order valence-corrected chi connectivity index (χ0v) is 11.6. The van der Waals surface area contributed by atoms with Gasteiger partial charge in [-0.05, 0) is 48.9 Å². The average Bonchev–Trinajstić information content (AvgIpc) is 2.78. The number of carbonyl (C=O) groups excluding carboxylic acids is 2. The molecule has 106 valence electrons. The third-order valence-electron chi connectivity index (χ3n) is 4.44. The Morgan fingerprint density at radius 1 is 1.25 bits per heavy atom. The molecule has 0 heterocycles. The van der Waals surface area contributed by atoms with E-state index in [1.54, 1.807) is 6.07 Å². The van der Waals surface area contributed by atoms with Gasteiger partial charge >= 0.3 is 5.97 Å². The number of amides is 1. The van der Waals surface area contributed by atoms with Crippen molar-refractivity contribution in [3.8, 4) is 0 Å². The van der Waals surface area contributed by atoms with Crippen LogP contribution < -0.4 is 5.32 Å². The number of hydrogen-bond acceptors (Lipinski definition) is 3. The number of esters is 1. The molecule has 2 aliphatic carbocycles. The summed E-state index contributed by atoms with van der Waals surface area (Å²) in [7, 11) is 1.38. The topological polar surface area (TPSA) is 55.4 Å². The minimum absolute atomic E-state index is 0.0442. The molecule has 1 fully saturated rings. The predicted octanol–water partition coefficient (Wildman–Crippen LogP) is 2.38. The molecule has 0 aliphatic heterocycles. The van der Waals surface area contributed by atoms with Crippen LogP contribution in [0.5, 0.6) is 0 Å². The molecule has 2 aliphatic rings. The van der Waals surface area contributed by atoms with E-state index in [1.165, 1.54) is 12.7 Å². The summed E-state index contributed by atoms with van der Waals surface area (Å²) in [6.45, 7) is 0. The minimum Gasteiger partial charge on any atom is -0.465 e. The van der Waals surface area contributed by atoms with Crippen LogP contribution in [0, 0.1) is 5.92 Å². The van der Waals surface area contributed by atoms with E-state index in [4.69, 9.17) is 4.74 Å². The van der Waals surface area contributed by atoms with Gasteiger partial charge in [0.1, 0.15) is 0 Å². The molecule has 0 aromatic heterocycles. The van der Waals surface area contributed by atoms with Gasteiger partial charge in [0, 0.05) is 5.92 Å². The number of nitrogens with one attached hydrogen (secondary N) is 1. The standard InChI is InChI=1S/C16H19NO3/c1-20-16(19)12-6-5-10-7-8-14(13(10)9-12)17-15(18)11-3-2-4-11/h5-6,9,11,14H,2-4,7-8H2,1H3,(H,17,18)/t14-/m1/s1. The maximum Gasteiger partial charge on any atom is 0.337 e. The summed E-state index contributed by atoms with van der Waals surface area (Å²) in [5, 5.41) is 3.13. The van der Waals surface area contributed by atoms with E-state index in [1.807, 2.05) is 12.1 Å². The van der Waals surface area contributed by atoms with Crippen molar-refractivity contribution in [2.45, 2.75) is 38.1 Å². The molecule has 0 bridgehead atoms. The zero-order chi connectivity index (χ0) is 14.1. The van der Waals surface area contributed by atoms with Gasteiger partial charge < -0.3 is 10.1 Å². The first-order valence-corrected chi connectivity index (χ1v) is 7.20. The van der Waals surface area contributed by atoms with E-state index in [9.17, 15) is 9.59 Å². The van der Waals surface area contributed by atoms with E-state index >= 15 is 0 Å². The van der Waals surface area contributed by atoms with Gasteiger partial charge in [0.15, 0.2) is 0 Å². The number of benzene rings is 1. The lowest BCUT2D eigenvalue weighted by molar-refractivity contribution is -0.128. The number of aryl methyl sites for hydroxylation is 1. The molecule has 1 saturated carbocycles. The van der Waals surface area contributed by atoms with Crippen LogP contribution in [0.4, 0.5) is 0 Å². The Morgan fingerprint density at radius 2 is 2.05 bits per heavy atom. The first kappa shape index (κ1) is 13.2. The van der Waals surface area contributed by atoms with Gasteiger partial charge in [-0.1, -0.05) is 12.5 Å². The smallest absolute Gasteiger partial charge is 0.337 e. The fourth-order valence-electron chi connectivity index (χ4n) is 2.96. The highest BCUT2D eigenvalue weighted by atomic mass is 16.5. The van der Waals surface area contributed by atoms with Crippen LogP contribution in [-0.4, -0.2) is 19.0 Å². The molecule has 3 rings (SSSR count). The van der Waals surface area contributed by atoms with Crippen LogP contribution in [0.1, 0.15) is 53.2 Å². The van der Waals surface area contributed by atoms with E-state index in [2.05, 4.69) is 5.32 Å². The molecule has 1 amide bonds. The number of methoxy groups -OCH3 is 1. The summed E-state index contributed by atoms with van der Waals surface area (Å²) in [4.78, 5) is 23.7. The maximum atomic E-state index is 12.1. The van der Waals surface area contributed by atoms with Crippen molar-refractivity contribution in [2.75, 3.05) is 7.11 Å². The van der Waals surface area contributed by atoms with Crippen LogP contribution in [0.3, 0.4) is 0 Å². The Morgan fingerprint density at radius 3 is 2.70 bits per heavy atom. The summed E-state index contributed by atoms with van der Waals surface area (Å²) in [6, 6.07) is 5.67. The zero-order valence-electron chi connectivity index (χ0n) is 11.6. The highest BCUT2D eigenvalue weighted by molar-refractivity contribution is 5.89. The van der Waals surface area contributed by atoms with Crippen molar-refractivity contribution >= 4 is 11.9 Å². The lowest BCUT2D eigenvalue weighted by Gasteiger charge is -2.26. The number of carbonyl (C=O) groups is 2. The van der Waals surface area contributed by atoms with Crippen molar-refractivity contribution < 1.29 is 14.3 Å². The van der Waals surface area contributed by atoms with Crippen LogP contribution in [0.15, 0.2) is 18.2 Å². The Bertz CT molecular complexity index is 549. The molecule has 0 unspecified atom stereocenters. The van der Waals surface area contributed by atoms with Crippen molar-refractivity contribution in [1.29, 1.82) is 0 Å². The summed E-state index contributed by atoms with van der Waals surface area (Å²) >= 11 is 0. The van der Waals surface area contributed by atoms with Gasteiger partial charge in [-0.25, -0.2) is 4.79 Å². The van der Waals surface area contributed by atoms with Crippen LogP contribution >= 0.6 is 0 Å². The minimum atomic E-state index is -0.330. The van der Waals surface area contributed by atoms with E-state index in [-0.39, 0.29) is 23.8 Å². The van der Waals surface area contributed by atoms with Crippen LogP contribution in [-0.2, 0) is 16.0 Å². The number of hydrogen-bond donors (Lipinski definition) is 1. The molecule has 0 spiro atoms. The second kappa shape index (κ2) is 5.27. The van der Waals surface area contributed by atoms with Gasteiger partial charge in [-0.2, -0.15) is 0 Å². The molecule has 1 aromatic carbocycles. The molecule has 0 saturated heterocycles. The summed E-state index contributed by atoms with van der Waals surface area (Å²) in [5.74, 6) is 0.0316. The first-order valence-electron chi connectivity index (χ1n) is 7.20. The van der Waals surface area contributed by atoms with Crippen molar-refractivity contribution in [3.05, 3.63) is 34.9 Å². The van der Waals surface area contributed by atoms with Gasteiger partial charge in [-0.15, -0.1) is 0 Å². The van der Waals surface area contributed by atoms with Crippen molar-refractivity contribution in [1.82, 2.24) is 5.32 Å². The lowest BCUT2D eigenvalue weighted by atomic mass is 9.84. The molecule has 4 nitrogen and oxygen atoms in total. The van der Waals surface area contributed by atoms with Gasteiger partial charge in [0.25, 0.3) is 0 Å². The first-order chi connectivity index (χ1) is 9.69. The molecule has 0 radical (unpaired) electrons. The highest BCUT2D eigenvalue weighted by Gasteiger charge is 2.30. The van der Waals surface area contributed by atoms with Gasteiger partial charge in [0.05, 0.1) is 18.7 Å². The summed E-state index contributed by atoms with van der Waals surface area (Å²) < 4.78 is 4.75. The Balaban J connectivity index is 1.77. The Labute approximate surface area is 118 Å². The molecule has 20 heavy (non-hydrogen) atoms. The Kier molecular flexibility index (Phi) is 3.47. The van der Waals surface area contributed by atoms with Gasteiger partial charge in [-0.3, -0.25) is 4.79 Å². The molecular weight excluding hydrogens is 254 g/mol. The fourth-order valence-corrected chi connectivity index (χ4v) is 2.96. The van der Waals surface area contributed by atoms with Gasteiger partial charge in [0.2, 0.25) is 5.91 Å². The normalized spacial score (nSPS) is 20.9. The van der Waals surface area contributed by atoms with E-state index in [0.29, 0.717) is 5.56 Å². The Hall–Kier alpha value is -1.84. The fraction of sp³-hybridized carbons (Fsp3) is 0.500. The summed E-state index contributed by atoms with van der Waals surface area (Å²) in [5.41, 5.74) is 2.84. The third-order valence-corrected chi connectivity index (χ3v) is 4.44. The molecular formula is C16H19NO3. The van der Waals surface area contributed by atoms with Crippen LogP contribution in [0.2, 0.25) is 0 Å². The number of ether oxygens (including phenoxy) is 1. The highest BCUT2D eigenvalue weighted by Crippen LogP contribution is 2.34. The maximum absolute atomic E-state index is 12.1. The third kappa shape index (κ3) is 2.30. The second-order valence-corrected chi connectivity index (χ2v) is 5.63. The predicted molar refractivity (Wildman–Crippen MR) is 74.3 cm³/mol. The molecule has 4 heteroatoms. The van der Waals surface area contributed by atoms with E-state index in [0.717, 1.165) is 37.7 Å². The van der Waals surface area contributed by atoms with E-state index < -0.39 is 0 Å².